The second kappa shape index (κ2) is 6.58. The number of aryl methyl sites for hydroxylation is 1. The van der Waals surface area contributed by atoms with Gasteiger partial charge in [-0.25, -0.2) is 9.59 Å². The normalized spacial score (nSPS) is 10.7. The van der Waals surface area contributed by atoms with E-state index in [2.05, 4.69) is 10.6 Å². The van der Waals surface area contributed by atoms with Gasteiger partial charge in [0.1, 0.15) is 0 Å². The van der Waals surface area contributed by atoms with Crippen LogP contribution in [0.15, 0.2) is 24.3 Å². The number of anilines is 1. The van der Waals surface area contributed by atoms with Gasteiger partial charge in [0.25, 0.3) is 0 Å². The number of carboxylic acid groups (broad SMARTS) is 1. The summed E-state index contributed by atoms with van der Waals surface area (Å²) in [5.74, 6) is -1.01. The van der Waals surface area contributed by atoms with Crippen molar-refractivity contribution >= 4 is 23.8 Å². The van der Waals surface area contributed by atoms with Crippen molar-refractivity contribution in [2.45, 2.75) is 26.8 Å². The summed E-state index contributed by atoms with van der Waals surface area (Å²) < 4.78 is 0. The molecule has 5 nitrogen and oxygen atoms in total. The molecule has 0 aliphatic rings. The van der Waals surface area contributed by atoms with Gasteiger partial charge >= 0.3 is 12.0 Å². The Morgan fingerprint density at radius 3 is 2.58 bits per heavy atom. The Morgan fingerprint density at radius 2 is 2.00 bits per heavy atom. The summed E-state index contributed by atoms with van der Waals surface area (Å²) in [7, 11) is 0. The van der Waals surface area contributed by atoms with Gasteiger partial charge in [0.2, 0.25) is 0 Å². The van der Waals surface area contributed by atoms with E-state index in [0.29, 0.717) is 11.3 Å². The zero-order chi connectivity index (χ0) is 14.4. The number of nitrogens with one attached hydrogen (secondary N) is 2. The third kappa shape index (κ3) is 5.25. The van der Waals surface area contributed by atoms with Gasteiger partial charge in [-0.3, -0.25) is 0 Å². The molecule has 0 radical (unpaired) electrons. The van der Waals surface area contributed by atoms with Gasteiger partial charge in [0.15, 0.2) is 0 Å². The number of carboxylic acids is 1. The van der Waals surface area contributed by atoms with Crippen LogP contribution in [0.25, 0.3) is 6.08 Å². The third-order valence-corrected chi connectivity index (χ3v) is 2.35. The van der Waals surface area contributed by atoms with Crippen molar-refractivity contribution < 1.29 is 14.7 Å². The molecule has 0 saturated carbocycles. The summed E-state index contributed by atoms with van der Waals surface area (Å²) in [5.41, 5.74) is 2.28. The van der Waals surface area contributed by atoms with Crippen LogP contribution in [0.1, 0.15) is 25.0 Å². The van der Waals surface area contributed by atoms with Gasteiger partial charge in [-0.2, -0.15) is 0 Å². The van der Waals surface area contributed by atoms with Crippen molar-refractivity contribution in [1.29, 1.82) is 0 Å². The zero-order valence-electron chi connectivity index (χ0n) is 11.2. The smallest absolute Gasteiger partial charge is 0.328 e. The Balaban J connectivity index is 2.85. The fourth-order valence-corrected chi connectivity index (χ4v) is 1.47. The summed E-state index contributed by atoms with van der Waals surface area (Å²) >= 11 is 0. The van der Waals surface area contributed by atoms with Crippen molar-refractivity contribution in [3.05, 3.63) is 35.4 Å². The Labute approximate surface area is 112 Å². The van der Waals surface area contributed by atoms with E-state index in [1.807, 2.05) is 26.8 Å². The molecule has 102 valence electrons. The average Bonchev–Trinajstić information content (AvgIpc) is 2.29. The van der Waals surface area contributed by atoms with E-state index in [1.165, 1.54) is 6.08 Å². The highest BCUT2D eigenvalue weighted by molar-refractivity contribution is 5.91. The summed E-state index contributed by atoms with van der Waals surface area (Å²) in [6.45, 7) is 5.62. The topological polar surface area (TPSA) is 78.4 Å². The second-order valence-corrected chi connectivity index (χ2v) is 4.50. The van der Waals surface area contributed by atoms with E-state index in [-0.39, 0.29) is 12.1 Å². The Bertz CT molecular complexity index is 507. The van der Waals surface area contributed by atoms with Gasteiger partial charge in [-0.15, -0.1) is 0 Å². The maximum Gasteiger partial charge on any atom is 0.328 e. The minimum absolute atomic E-state index is 0.0513. The highest BCUT2D eigenvalue weighted by Crippen LogP contribution is 2.17. The van der Waals surface area contributed by atoms with Gasteiger partial charge < -0.3 is 15.7 Å². The second-order valence-electron chi connectivity index (χ2n) is 4.50. The number of benzene rings is 1. The standard InChI is InChI=1S/C14H18N2O3/c1-9(2)15-14(19)16-12-8-11(5-4-10(12)3)6-7-13(17)18/h4-9H,1-3H3,(H,17,18)(H2,15,16,19). The molecule has 0 aromatic heterocycles. The predicted molar refractivity (Wildman–Crippen MR) is 75.1 cm³/mol. The fourth-order valence-electron chi connectivity index (χ4n) is 1.47. The molecule has 0 bridgehead atoms. The first-order chi connectivity index (χ1) is 8.88. The van der Waals surface area contributed by atoms with E-state index < -0.39 is 5.97 Å². The summed E-state index contributed by atoms with van der Waals surface area (Å²) in [6.07, 6.45) is 2.54. The van der Waals surface area contributed by atoms with E-state index in [0.717, 1.165) is 11.6 Å². The van der Waals surface area contributed by atoms with E-state index >= 15 is 0 Å². The first-order valence-corrected chi connectivity index (χ1v) is 5.97. The molecule has 0 aliphatic carbocycles. The number of aliphatic carboxylic acids is 1. The van der Waals surface area contributed by atoms with E-state index in [9.17, 15) is 9.59 Å². The van der Waals surface area contributed by atoms with Crippen molar-refractivity contribution in [2.24, 2.45) is 0 Å². The van der Waals surface area contributed by atoms with Crippen LogP contribution in [-0.2, 0) is 4.79 Å². The maximum absolute atomic E-state index is 11.6. The molecule has 1 aromatic rings. The van der Waals surface area contributed by atoms with Crippen LogP contribution >= 0.6 is 0 Å². The minimum Gasteiger partial charge on any atom is -0.478 e. The highest BCUT2D eigenvalue weighted by atomic mass is 16.4. The van der Waals surface area contributed by atoms with Crippen LogP contribution < -0.4 is 10.6 Å². The van der Waals surface area contributed by atoms with Crippen molar-refractivity contribution in [3.63, 3.8) is 0 Å². The summed E-state index contributed by atoms with van der Waals surface area (Å²) in [6, 6.07) is 5.12. The predicted octanol–water partition coefficient (Wildman–Crippen LogP) is 2.62. The van der Waals surface area contributed by atoms with Crippen LogP contribution in [-0.4, -0.2) is 23.1 Å². The van der Waals surface area contributed by atoms with Crippen LogP contribution in [0.5, 0.6) is 0 Å². The quantitative estimate of drug-likeness (QED) is 0.730. The van der Waals surface area contributed by atoms with Crippen molar-refractivity contribution in [2.75, 3.05) is 5.32 Å². The molecule has 0 heterocycles. The number of amides is 2. The molecule has 1 aromatic carbocycles. The number of carbonyl (C=O) groups excluding carboxylic acids is 1. The molecule has 5 heteroatoms. The lowest BCUT2D eigenvalue weighted by Crippen LogP contribution is -2.34. The SMILES string of the molecule is Cc1ccc(C=CC(=O)O)cc1NC(=O)NC(C)C. The number of rotatable bonds is 4. The number of carbonyl (C=O) groups is 2. The van der Waals surface area contributed by atoms with Gasteiger partial charge in [0, 0.05) is 17.8 Å². The van der Waals surface area contributed by atoms with E-state index in [1.54, 1.807) is 12.1 Å². The number of hydrogen-bond donors (Lipinski definition) is 3. The lowest BCUT2D eigenvalue weighted by atomic mass is 10.1. The molecule has 0 atom stereocenters. The minimum atomic E-state index is -1.01. The molecule has 1 rings (SSSR count). The molecular weight excluding hydrogens is 244 g/mol. The van der Waals surface area contributed by atoms with E-state index in [4.69, 9.17) is 5.11 Å². The molecule has 2 amide bonds. The van der Waals surface area contributed by atoms with Gasteiger partial charge in [0.05, 0.1) is 0 Å². The lowest BCUT2D eigenvalue weighted by molar-refractivity contribution is -0.131. The van der Waals surface area contributed by atoms with Crippen LogP contribution in [0.2, 0.25) is 0 Å². The van der Waals surface area contributed by atoms with Crippen LogP contribution in [0.4, 0.5) is 10.5 Å². The van der Waals surface area contributed by atoms with Crippen molar-refractivity contribution in [1.82, 2.24) is 5.32 Å². The maximum atomic E-state index is 11.6. The molecule has 19 heavy (non-hydrogen) atoms. The molecule has 0 aliphatic heterocycles. The molecule has 0 spiro atoms. The molecule has 0 unspecified atom stereocenters. The van der Waals surface area contributed by atoms with Crippen LogP contribution in [0, 0.1) is 6.92 Å². The zero-order valence-corrected chi connectivity index (χ0v) is 11.2. The highest BCUT2D eigenvalue weighted by Gasteiger charge is 2.06. The molecule has 0 saturated heterocycles. The largest absolute Gasteiger partial charge is 0.478 e. The summed E-state index contributed by atoms with van der Waals surface area (Å²) in [5, 5.41) is 14.0. The molecule has 0 fully saturated rings. The number of urea groups is 1. The number of hydrogen-bond acceptors (Lipinski definition) is 2. The van der Waals surface area contributed by atoms with Gasteiger partial charge in [-0.1, -0.05) is 12.1 Å². The molecular formula is C14H18N2O3. The Morgan fingerprint density at radius 1 is 1.32 bits per heavy atom. The van der Waals surface area contributed by atoms with Gasteiger partial charge in [-0.05, 0) is 44.0 Å². The Kier molecular flexibility index (Phi) is 5.11. The fraction of sp³-hybridized carbons (Fsp3) is 0.286. The third-order valence-electron chi connectivity index (χ3n) is 2.35. The lowest BCUT2D eigenvalue weighted by Gasteiger charge is -2.12. The first-order valence-electron chi connectivity index (χ1n) is 5.97. The van der Waals surface area contributed by atoms with Crippen molar-refractivity contribution in [3.8, 4) is 0 Å². The first kappa shape index (κ1) is 14.8. The average molecular weight is 262 g/mol. The molecule has 3 N–H and O–H groups in total. The summed E-state index contributed by atoms with van der Waals surface area (Å²) in [4.78, 5) is 22.1. The van der Waals surface area contributed by atoms with Crippen LogP contribution in [0.3, 0.4) is 0 Å². The monoisotopic (exact) mass is 262 g/mol. The Hall–Kier alpha value is -2.30.